The molecule has 0 aliphatic rings. The number of rotatable bonds is 7. The first-order valence-corrected chi connectivity index (χ1v) is 9.14. The molecule has 1 aromatic heterocycles. The third-order valence-corrected chi connectivity index (χ3v) is 4.63. The van der Waals surface area contributed by atoms with E-state index < -0.39 is 0 Å². The van der Waals surface area contributed by atoms with Gasteiger partial charge in [-0.3, -0.25) is 4.79 Å². The van der Waals surface area contributed by atoms with Crippen LogP contribution >= 0.6 is 11.3 Å². The van der Waals surface area contributed by atoms with E-state index in [1.807, 2.05) is 42.6 Å². The van der Waals surface area contributed by atoms with Gasteiger partial charge in [-0.2, -0.15) is 0 Å². The van der Waals surface area contributed by atoms with Crippen molar-refractivity contribution in [3.63, 3.8) is 0 Å². The van der Waals surface area contributed by atoms with Crippen LogP contribution in [0.5, 0.6) is 5.75 Å². The number of carbonyl (C=O) groups excluding carboxylic acids is 1. The van der Waals surface area contributed by atoms with Crippen LogP contribution in [0.2, 0.25) is 0 Å². The fourth-order valence-electron chi connectivity index (χ4n) is 2.41. The van der Waals surface area contributed by atoms with E-state index in [0.29, 0.717) is 18.7 Å². The lowest BCUT2D eigenvalue weighted by Gasteiger charge is -2.07. The van der Waals surface area contributed by atoms with Gasteiger partial charge in [-0.25, -0.2) is 9.37 Å². The molecule has 0 radical (unpaired) electrons. The monoisotopic (exact) mass is 370 g/mol. The zero-order valence-electron chi connectivity index (χ0n) is 14.4. The van der Waals surface area contributed by atoms with Crippen molar-refractivity contribution >= 4 is 17.2 Å². The van der Waals surface area contributed by atoms with Crippen LogP contribution in [0, 0.1) is 12.7 Å². The number of benzene rings is 2. The molecule has 0 atom stereocenters. The van der Waals surface area contributed by atoms with Gasteiger partial charge in [-0.15, -0.1) is 11.3 Å². The summed E-state index contributed by atoms with van der Waals surface area (Å²) in [6, 6.07) is 13.9. The van der Waals surface area contributed by atoms with Crippen molar-refractivity contribution in [2.24, 2.45) is 0 Å². The Balaban J connectivity index is 1.44. The van der Waals surface area contributed by atoms with Crippen molar-refractivity contribution in [2.45, 2.75) is 13.3 Å². The molecule has 0 bridgehead atoms. The van der Waals surface area contributed by atoms with Crippen LogP contribution in [0.1, 0.15) is 11.3 Å². The molecule has 0 spiro atoms. The average Bonchev–Trinajstić information content (AvgIpc) is 3.09. The van der Waals surface area contributed by atoms with Gasteiger partial charge >= 0.3 is 0 Å². The van der Waals surface area contributed by atoms with Gasteiger partial charge in [0.15, 0.2) is 6.61 Å². The zero-order chi connectivity index (χ0) is 18.4. The van der Waals surface area contributed by atoms with Gasteiger partial charge in [0.05, 0.1) is 5.69 Å². The highest BCUT2D eigenvalue weighted by atomic mass is 32.1. The molecule has 134 valence electrons. The van der Waals surface area contributed by atoms with Crippen molar-refractivity contribution in [2.75, 3.05) is 13.2 Å². The lowest BCUT2D eigenvalue weighted by molar-refractivity contribution is -0.123. The van der Waals surface area contributed by atoms with Crippen LogP contribution in [-0.4, -0.2) is 24.0 Å². The number of hydrogen-bond acceptors (Lipinski definition) is 4. The van der Waals surface area contributed by atoms with Crippen molar-refractivity contribution in [1.82, 2.24) is 10.3 Å². The van der Waals surface area contributed by atoms with E-state index in [4.69, 9.17) is 4.74 Å². The van der Waals surface area contributed by atoms with Crippen LogP contribution in [0.3, 0.4) is 0 Å². The molecule has 0 fully saturated rings. The maximum atomic E-state index is 13.3. The molecule has 0 saturated carbocycles. The van der Waals surface area contributed by atoms with Crippen LogP contribution < -0.4 is 10.1 Å². The smallest absolute Gasteiger partial charge is 0.257 e. The number of nitrogens with one attached hydrogen (secondary N) is 1. The maximum absolute atomic E-state index is 13.3. The van der Waals surface area contributed by atoms with Gasteiger partial charge in [0, 0.05) is 23.9 Å². The van der Waals surface area contributed by atoms with Crippen LogP contribution in [0.15, 0.2) is 53.9 Å². The molecule has 26 heavy (non-hydrogen) atoms. The first kappa shape index (κ1) is 18.1. The summed E-state index contributed by atoms with van der Waals surface area (Å²) in [4.78, 5) is 16.4. The molecule has 6 heteroatoms. The van der Waals surface area contributed by atoms with E-state index in [0.717, 1.165) is 21.8 Å². The molecule has 1 N–H and O–H groups in total. The predicted molar refractivity (Wildman–Crippen MR) is 101 cm³/mol. The fourth-order valence-corrected chi connectivity index (χ4v) is 3.26. The highest BCUT2D eigenvalue weighted by molar-refractivity contribution is 7.13. The van der Waals surface area contributed by atoms with Gasteiger partial charge < -0.3 is 10.1 Å². The highest BCUT2D eigenvalue weighted by Gasteiger charge is 2.07. The molecular formula is C20H19FN2O2S. The SMILES string of the molecule is Cc1cccc(OCC(=O)NCCc2csc(-c3cccc(F)c3)n2)c1. The first-order valence-electron chi connectivity index (χ1n) is 8.27. The van der Waals surface area contributed by atoms with Crippen molar-refractivity contribution in [3.05, 3.63) is 71.0 Å². The number of aryl methyl sites for hydroxylation is 1. The second-order valence-electron chi connectivity index (χ2n) is 5.86. The van der Waals surface area contributed by atoms with E-state index in [9.17, 15) is 9.18 Å². The third-order valence-electron chi connectivity index (χ3n) is 3.69. The Morgan fingerprint density at radius 3 is 2.88 bits per heavy atom. The molecule has 1 amide bonds. The number of amides is 1. The average molecular weight is 370 g/mol. The lowest BCUT2D eigenvalue weighted by Crippen LogP contribution is -2.30. The van der Waals surface area contributed by atoms with E-state index in [1.54, 1.807) is 6.07 Å². The molecule has 3 aromatic rings. The Hall–Kier alpha value is -2.73. The molecular weight excluding hydrogens is 351 g/mol. The number of nitrogens with zero attached hydrogens (tertiary/aromatic N) is 1. The number of thiazole rings is 1. The number of carbonyl (C=O) groups is 1. The standard InChI is InChI=1S/C20H19FN2O2S/c1-14-4-2-7-18(10-14)25-12-19(24)22-9-8-17-13-26-20(23-17)15-5-3-6-16(21)11-15/h2-7,10-11,13H,8-9,12H2,1H3,(H,22,24). The van der Waals surface area contributed by atoms with Crippen molar-refractivity contribution < 1.29 is 13.9 Å². The Kier molecular flexibility index (Phi) is 5.96. The van der Waals surface area contributed by atoms with Crippen molar-refractivity contribution in [3.8, 4) is 16.3 Å². The predicted octanol–water partition coefficient (Wildman–Crippen LogP) is 4.00. The minimum atomic E-state index is -0.278. The topological polar surface area (TPSA) is 51.2 Å². The minimum absolute atomic E-state index is 0.0188. The summed E-state index contributed by atoms with van der Waals surface area (Å²) in [7, 11) is 0. The second-order valence-corrected chi connectivity index (χ2v) is 6.72. The molecule has 1 heterocycles. The number of hydrogen-bond donors (Lipinski definition) is 1. The van der Waals surface area contributed by atoms with E-state index in [-0.39, 0.29) is 18.3 Å². The first-order chi connectivity index (χ1) is 12.6. The second kappa shape index (κ2) is 8.58. The van der Waals surface area contributed by atoms with Gasteiger partial charge in [0.1, 0.15) is 16.6 Å². The highest BCUT2D eigenvalue weighted by Crippen LogP contribution is 2.24. The molecule has 2 aromatic carbocycles. The van der Waals surface area contributed by atoms with Gasteiger partial charge in [0.25, 0.3) is 5.91 Å². The molecule has 0 saturated heterocycles. The van der Waals surface area contributed by atoms with E-state index >= 15 is 0 Å². The van der Waals surface area contributed by atoms with Crippen LogP contribution in [0.4, 0.5) is 4.39 Å². The molecule has 3 rings (SSSR count). The number of ether oxygens (including phenoxy) is 1. The fraction of sp³-hybridized carbons (Fsp3) is 0.200. The van der Waals surface area contributed by atoms with Gasteiger partial charge in [0.2, 0.25) is 0 Å². The summed E-state index contributed by atoms with van der Waals surface area (Å²) in [5.41, 5.74) is 2.71. The van der Waals surface area contributed by atoms with Gasteiger partial charge in [-0.1, -0.05) is 24.3 Å². The quantitative estimate of drug-likeness (QED) is 0.684. The van der Waals surface area contributed by atoms with Crippen LogP contribution in [-0.2, 0) is 11.2 Å². The minimum Gasteiger partial charge on any atom is -0.484 e. The Morgan fingerprint density at radius 1 is 1.23 bits per heavy atom. The molecule has 0 aliphatic heterocycles. The molecule has 0 aliphatic carbocycles. The lowest BCUT2D eigenvalue weighted by atomic mass is 10.2. The summed E-state index contributed by atoms with van der Waals surface area (Å²) in [5, 5.41) is 5.51. The Morgan fingerprint density at radius 2 is 2.08 bits per heavy atom. The van der Waals surface area contributed by atoms with E-state index in [2.05, 4.69) is 10.3 Å². The summed E-state index contributed by atoms with van der Waals surface area (Å²) in [5.74, 6) is 0.228. The molecule has 4 nitrogen and oxygen atoms in total. The summed E-state index contributed by atoms with van der Waals surface area (Å²) >= 11 is 1.46. The van der Waals surface area contributed by atoms with Crippen molar-refractivity contribution in [1.29, 1.82) is 0 Å². The maximum Gasteiger partial charge on any atom is 0.257 e. The Labute approximate surface area is 155 Å². The number of aromatic nitrogens is 1. The third kappa shape index (κ3) is 5.13. The summed E-state index contributed by atoms with van der Waals surface area (Å²) in [6.45, 7) is 2.43. The largest absolute Gasteiger partial charge is 0.484 e. The summed E-state index contributed by atoms with van der Waals surface area (Å²) < 4.78 is 18.7. The van der Waals surface area contributed by atoms with Crippen LogP contribution in [0.25, 0.3) is 10.6 Å². The number of halogens is 1. The normalized spacial score (nSPS) is 10.5. The zero-order valence-corrected chi connectivity index (χ0v) is 15.2. The Bertz CT molecular complexity index is 895. The summed E-state index contributed by atoms with van der Waals surface area (Å²) in [6.07, 6.45) is 0.613. The van der Waals surface area contributed by atoms with E-state index in [1.165, 1.54) is 23.5 Å². The molecule has 0 unspecified atom stereocenters. The van der Waals surface area contributed by atoms with Gasteiger partial charge in [-0.05, 0) is 36.8 Å².